The van der Waals surface area contributed by atoms with Gasteiger partial charge in [-0.05, 0) is 32.1 Å². The minimum Gasteiger partial charge on any atom is -0.312 e. The Labute approximate surface area is 88.1 Å². The van der Waals surface area contributed by atoms with Crippen LogP contribution in [0.25, 0.3) is 0 Å². The molecule has 1 N–H and O–H groups in total. The molecule has 2 heteroatoms. The molecule has 1 aliphatic carbocycles. The molecule has 0 aromatic carbocycles. The average molecular weight is 196 g/mol. The van der Waals surface area contributed by atoms with E-state index in [1.54, 1.807) is 0 Å². The van der Waals surface area contributed by atoms with E-state index < -0.39 is 0 Å². The highest BCUT2D eigenvalue weighted by Crippen LogP contribution is 2.31. The van der Waals surface area contributed by atoms with Crippen molar-refractivity contribution in [2.75, 3.05) is 19.6 Å². The minimum absolute atomic E-state index is 0.699. The second kappa shape index (κ2) is 4.63. The van der Waals surface area contributed by atoms with Gasteiger partial charge in [-0.3, -0.25) is 4.90 Å². The summed E-state index contributed by atoms with van der Waals surface area (Å²) >= 11 is 0. The topological polar surface area (TPSA) is 15.3 Å². The van der Waals surface area contributed by atoms with E-state index in [2.05, 4.69) is 24.1 Å². The molecule has 0 spiro atoms. The van der Waals surface area contributed by atoms with E-state index in [1.165, 1.54) is 45.3 Å². The molecule has 0 bridgehead atoms. The van der Waals surface area contributed by atoms with Crippen LogP contribution in [0.2, 0.25) is 0 Å². The minimum atomic E-state index is 0.699. The fraction of sp³-hybridized carbons (Fsp3) is 1.00. The van der Waals surface area contributed by atoms with E-state index in [4.69, 9.17) is 0 Å². The monoisotopic (exact) mass is 196 g/mol. The Bertz CT molecular complexity index is 181. The predicted octanol–water partition coefficient (Wildman–Crippen LogP) is 1.86. The maximum atomic E-state index is 3.52. The molecule has 0 radical (unpaired) electrons. The summed E-state index contributed by atoms with van der Waals surface area (Å²) in [5, 5.41) is 3.52. The summed E-state index contributed by atoms with van der Waals surface area (Å²) in [5.74, 6) is 1.02. The third-order valence-electron chi connectivity index (χ3n) is 4.01. The summed E-state index contributed by atoms with van der Waals surface area (Å²) in [7, 11) is 0. The van der Waals surface area contributed by atoms with Gasteiger partial charge in [0.15, 0.2) is 0 Å². The molecule has 1 aliphatic heterocycles. The van der Waals surface area contributed by atoms with Crippen molar-refractivity contribution in [1.82, 2.24) is 10.2 Å². The first-order valence-electron chi connectivity index (χ1n) is 6.27. The molecule has 82 valence electrons. The molecule has 14 heavy (non-hydrogen) atoms. The van der Waals surface area contributed by atoms with Crippen LogP contribution >= 0.6 is 0 Å². The van der Waals surface area contributed by atoms with Crippen molar-refractivity contribution in [3.8, 4) is 0 Å². The molecule has 2 nitrogen and oxygen atoms in total. The second-order valence-corrected chi connectivity index (χ2v) is 5.09. The lowest BCUT2D eigenvalue weighted by Crippen LogP contribution is -2.52. The van der Waals surface area contributed by atoms with Gasteiger partial charge in [-0.25, -0.2) is 0 Å². The van der Waals surface area contributed by atoms with E-state index in [-0.39, 0.29) is 0 Å². The van der Waals surface area contributed by atoms with Crippen molar-refractivity contribution < 1.29 is 0 Å². The molecular formula is C12H24N2. The largest absolute Gasteiger partial charge is 0.312 e. The summed E-state index contributed by atoms with van der Waals surface area (Å²) in [6, 6.07) is 1.61. The van der Waals surface area contributed by atoms with Crippen LogP contribution in [-0.4, -0.2) is 36.6 Å². The Balaban J connectivity index is 1.83. The van der Waals surface area contributed by atoms with Gasteiger partial charge in [-0.15, -0.1) is 0 Å². The van der Waals surface area contributed by atoms with Crippen LogP contribution in [0.1, 0.15) is 39.5 Å². The van der Waals surface area contributed by atoms with Gasteiger partial charge >= 0.3 is 0 Å². The molecule has 0 aromatic rings. The van der Waals surface area contributed by atoms with E-state index in [0.29, 0.717) is 6.04 Å². The first kappa shape index (κ1) is 10.4. The van der Waals surface area contributed by atoms with Gasteiger partial charge in [0.05, 0.1) is 0 Å². The van der Waals surface area contributed by atoms with Crippen molar-refractivity contribution in [2.24, 2.45) is 5.92 Å². The van der Waals surface area contributed by atoms with E-state index in [0.717, 1.165) is 12.0 Å². The third-order valence-corrected chi connectivity index (χ3v) is 4.01. The maximum Gasteiger partial charge on any atom is 0.0167 e. The molecular weight excluding hydrogens is 172 g/mol. The van der Waals surface area contributed by atoms with Gasteiger partial charge in [-0.2, -0.15) is 0 Å². The van der Waals surface area contributed by atoms with Gasteiger partial charge in [-0.1, -0.05) is 13.3 Å². The van der Waals surface area contributed by atoms with Crippen molar-refractivity contribution in [3.05, 3.63) is 0 Å². The lowest BCUT2D eigenvalue weighted by atomic mass is 10.0. The lowest BCUT2D eigenvalue weighted by Gasteiger charge is -2.36. The van der Waals surface area contributed by atoms with Crippen molar-refractivity contribution in [2.45, 2.75) is 51.6 Å². The van der Waals surface area contributed by atoms with Crippen LogP contribution in [0, 0.1) is 5.92 Å². The van der Waals surface area contributed by atoms with Crippen LogP contribution in [-0.2, 0) is 0 Å². The van der Waals surface area contributed by atoms with Crippen molar-refractivity contribution >= 4 is 0 Å². The van der Waals surface area contributed by atoms with Crippen LogP contribution in [0.3, 0.4) is 0 Å². The third kappa shape index (κ3) is 2.29. The number of nitrogens with one attached hydrogen (secondary N) is 1. The number of hydrogen-bond acceptors (Lipinski definition) is 2. The summed E-state index contributed by atoms with van der Waals surface area (Å²) in [5.41, 5.74) is 0. The SMILES string of the molecule is CCC1CCC(N2CCN[C@@H](C)C2)C1. The van der Waals surface area contributed by atoms with Gasteiger partial charge < -0.3 is 5.32 Å². The maximum absolute atomic E-state index is 3.52. The highest BCUT2D eigenvalue weighted by Gasteiger charge is 2.30. The molecule has 1 saturated carbocycles. The molecule has 2 unspecified atom stereocenters. The first-order chi connectivity index (χ1) is 6.79. The molecule has 1 heterocycles. The van der Waals surface area contributed by atoms with Crippen molar-refractivity contribution in [3.63, 3.8) is 0 Å². The first-order valence-corrected chi connectivity index (χ1v) is 6.27. The lowest BCUT2D eigenvalue weighted by molar-refractivity contribution is 0.147. The quantitative estimate of drug-likeness (QED) is 0.725. The van der Waals surface area contributed by atoms with Gasteiger partial charge in [0.25, 0.3) is 0 Å². The second-order valence-electron chi connectivity index (χ2n) is 5.09. The van der Waals surface area contributed by atoms with Gasteiger partial charge in [0.1, 0.15) is 0 Å². The molecule has 1 saturated heterocycles. The van der Waals surface area contributed by atoms with Crippen molar-refractivity contribution in [1.29, 1.82) is 0 Å². The number of hydrogen-bond donors (Lipinski definition) is 1. The van der Waals surface area contributed by atoms with Crippen LogP contribution in [0.5, 0.6) is 0 Å². The molecule has 2 aliphatic rings. The molecule has 0 amide bonds. The zero-order chi connectivity index (χ0) is 9.97. The summed E-state index contributed by atoms with van der Waals surface area (Å²) in [4.78, 5) is 2.72. The number of nitrogens with zero attached hydrogens (tertiary/aromatic N) is 1. The van der Waals surface area contributed by atoms with Gasteiger partial charge in [0, 0.05) is 31.7 Å². The Kier molecular flexibility index (Phi) is 3.45. The Morgan fingerprint density at radius 1 is 1.36 bits per heavy atom. The fourth-order valence-electron chi connectivity index (χ4n) is 3.04. The molecule has 0 aromatic heterocycles. The summed E-state index contributed by atoms with van der Waals surface area (Å²) < 4.78 is 0. The Hall–Kier alpha value is -0.0800. The van der Waals surface area contributed by atoms with Crippen LogP contribution in [0.15, 0.2) is 0 Å². The zero-order valence-electron chi connectivity index (χ0n) is 9.63. The van der Waals surface area contributed by atoms with Crippen LogP contribution in [0.4, 0.5) is 0 Å². The number of rotatable bonds is 2. The smallest absolute Gasteiger partial charge is 0.0167 e. The number of piperazine rings is 1. The molecule has 3 atom stereocenters. The highest BCUT2D eigenvalue weighted by atomic mass is 15.2. The average Bonchev–Trinajstić information content (AvgIpc) is 2.66. The predicted molar refractivity (Wildman–Crippen MR) is 60.5 cm³/mol. The van der Waals surface area contributed by atoms with E-state index in [1.807, 2.05) is 0 Å². The van der Waals surface area contributed by atoms with Gasteiger partial charge in [0.2, 0.25) is 0 Å². The Morgan fingerprint density at radius 2 is 2.21 bits per heavy atom. The van der Waals surface area contributed by atoms with E-state index in [9.17, 15) is 0 Å². The summed E-state index contributed by atoms with van der Waals surface area (Å²) in [6.07, 6.45) is 5.77. The fourth-order valence-corrected chi connectivity index (χ4v) is 3.04. The van der Waals surface area contributed by atoms with Crippen LogP contribution < -0.4 is 5.32 Å². The Morgan fingerprint density at radius 3 is 2.86 bits per heavy atom. The summed E-state index contributed by atoms with van der Waals surface area (Å²) in [6.45, 7) is 8.37. The standard InChI is InChI=1S/C12H24N2/c1-3-11-4-5-12(8-11)14-7-6-13-10(2)9-14/h10-13H,3-9H2,1-2H3/t10-,11?,12?/m0/s1. The molecule has 2 rings (SSSR count). The highest BCUT2D eigenvalue weighted by molar-refractivity contribution is 4.86. The zero-order valence-corrected chi connectivity index (χ0v) is 9.63. The van der Waals surface area contributed by atoms with E-state index >= 15 is 0 Å². The normalized spacial score (nSPS) is 40.3. The molecule has 2 fully saturated rings.